The molecule has 0 unspecified atom stereocenters. The molecule has 0 bridgehead atoms. The van der Waals surface area contributed by atoms with Crippen LogP contribution in [0.25, 0.3) is 0 Å². The second kappa shape index (κ2) is 5.45. The Morgan fingerprint density at radius 3 is 2.62 bits per heavy atom. The fourth-order valence-corrected chi connectivity index (χ4v) is 1.76. The predicted octanol–water partition coefficient (Wildman–Crippen LogP) is 1.25. The number of likely N-dealkylation sites (tertiary alicyclic amines) is 1. The summed E-state index contributed by atoms with van der Waals surface area (Å²) in [5.41, 5.74) is 0. The van der Waals surface area contributed by atoms with Gasteiger partial charge >= 0.3 is 0 Å². The Bertz CT molecular complexity index is 167. The first-order chi connectivity index (χ1) is 6.27. The number of nitrogens with zero attached hydrogens (tertiary/aromatic N) is 1. The van der Waals surface area contributed by atoms with Gasteiger partial charge in [-0.3, -0.25) is 4.79 Å². The summed E-state index contributed by atoms with van der Waals surface area (Å²) < 4.78 is 5.47. The first-order valence-corrected chi connectivity index (χ1v) is 5.26. The monoisotopic (exact) mass is 205 g/mol. The quantitative estimate of drug-likeness (QED) is 0.650. The first-order valence-electron chi connectivity index (χ1n) is 4.73. The number of carbonyl (C=O) groups excluding carboxylic acids is 1. The fraction of sp³-hybridized carbons (Fsp3) is 0.889. The third-order valence-corrected chi connectivity index (χ3v) is 2.54. The number of alkyl halides is 1. The molecule has 0 spiro atoms. The number of piperidine rings is 1. The van der Waals surface area contributed by atoms with E-state index in [-0.39, 0.29) is 11.8 Å². The molecule has 1 saturated heterocycles. The van der Waals surface area contributed by atoms with Gasteiger partial charge in [0.15, 0.2) is 0 Å². The van der Waals surface area contributed by atoms with Crippen LogP contribution >= 0.6 is 11.6 Å². The fourth-order valence-electron chi connectivity index (χ4n) is 1.59. The molecule has 76 valence electrons. The van der Waals surface area contributed by atoms with E-state index in [1.807, 2.05) is 11.8 Å². The van der Waals surface area contributed by atoms with Gasteiger partial charge in [-0.15, -0.1) is 11.6 Å². The highest BCUT2D eigenvalue weighted by atomic mass is 35.5. The Kier molecular flexibility index (Phi) is 4.53. The van der Waals surface area contributed by atoms with Crippen molar-refractivity contribution in [3.05, 3.63) is 0 Å². The maximum atomic E-state index is 11.2. The Balaban J connectivity index is 2.26. The van der Waals surface area contributed by atoms with Crippen LogP contribution in [0.4, 0.5) is 0 Å². The minimum Gasteiger partial charge on any atom is -0.378 e. The molecule has 0 N–H and O–H groups in total. The summed E-state index contributed by atoms with van der Waals surface area (Å²) in [5, 5.41) is 0. The third-order valence-electron chi connectivity index (χ3n) is 2.31. The first kappa shape index (κ1) is 10.8. The van der Waals surface area contributed by atoms with E-state index in [9.17, 15) is 4.79 Å². The van der Waals surface area contributed by atoms with Crippen LogP contribution in [0, 0.1) is 0 Å². The highest BCUT2D eigenvalue weighted by molar-refractivity contribution is 6.27. The number of amides is 1. The predicted molar refractivity (Wildman–Crippen MR) is 51.9 cm³/mol. The minimum absolute atomic E-state index is 0.0385. The molecule has 3 nitrogen and oxygen atoms in total. The van der Waals surface area contributed by atoms with Gasteiger partial charge in [-0.1, -0.05) is 0 Å². The molecule has 1 rings (SSSR count). The van der Waals surface area contributed by atoms with Crippen molar-refractivity contribution >= 4 is 17.5 Å². The van der Waals surface area contributed by atoms with Crippen molar-refractivity contribution < 1.29 is 9.53 Å². The highest BCUT2D eigenvalue weighted by Crippen LogP contribution is 2.13. The van der Waals surface area contributed by atoms with Crippen LogP contribution in [0.5, 0.6) is 0 Å². The van der Waals surface area contributed by atoms with E-state index in [1.165, 1.54) is 0 Å². The van der Waals surface area contributed by atoms with Gasteiger partial charge in [-0.25, -0.2) is 0 Å². The van der Waals surface area contributed by atoms with Crippen LogP contribution in [0.1, 0.15) is 19.8 Å². The smallest absolute Gasteiger partial charge is 0.237 e. The number of hydrogen-bond donors (Lipinski definition) is 0. The van der Waals surface area contributed by atoms with Gasteiger partial charge in [-0.2, -0.15) is 0 Å². The molecule has 4 heteroatoms. The van der Waals surface area contributed by atoms with Crippen molar-refractivity contribution in [2.75, 3.05) is 25.6 Å². The van der Waals surface area contributed by atoms with Crippen molar-refractivity contribution in [3.8, 4) is 0 Å². The second-order valence-corrected chi connectivity index (χ2v) is 3.44. The lowest BCUT2D eigenvalue weighted by Crippen LogP contribution is -2.41. The van der Waals surface area contributed by atoms with Crippen LogP contribution in [-0.4, -0.2) is 42.5 Å². The summed E-state index contributed by atoms with van der Waals surface area (Å²) in [7, 11) is 0. The van der Waals surface area contributed by atoms with Gasteiger partial charge in [0, 0.05) is 19.7 Å². The van der Waals surface area contributed by atoms with Crippen LogP contribution < -0.4 is 0 Å². The van der Waals surface area contributed by atoms with Crippen molar-refractivity contribution in [1.29, 1.82) is 0 Å². The molecular weight excluding hydrogens is 190 g/mol. The Morgan fingerprint density at radius 2 is 2.15 bits per heavy atom. The van der Waals surface area contributed by atoms with Crippen molar-refractivity contribution in [2.45, 2.75) is 25.9 Å². The molecule has 1 aliphatic heterocycles. The Morgan fingerprint density at radius 1 is 1.54 bits per heavy atom. The van der Waals surface area contributed by atoms with E-state index >= 15 is 0 Å². The van der Waals surface area contributed by atoms with Gasteiger partial charge in [0.25, 0.3) is 0 Å². The molecule has 0 radical (unpaired) electrons. The second-order valence-electron chi connectivity index (χ2n) is 3.17. The average Bonchev–Trinajstić information content (AvgIpc) is 2.18. The van der Waals surface area contributed by atoms with E-state index in [0.717, 1.165) is 32.5 Å². The van der Waals surface area contributed by atoms with Gasteiger partial charge in [0.05, 0.1) is 6.10 Å². The number of hydrogen-bond acceptors (Lipinski definition) is 2. The molecule has 0 aliphatic carbocycles. The number of rotatable bonds is 3. The lowest BCUT2D eigenvalue weighted by molar-refractivity contribution is -0.131. The summed E-state index contributed by atoms with van der Waals surface area (Å²) in [4.78, 5) is 13.0. The van der Waals surface area contributed by atoms with E-state index in [1.54, 1.807) is 0 Å². The van der Waals surface area contributed by atoms with E-state index in [4.69, 9.17) is 16.3 Å². The summed E-state index contributed by atoms with van der Waals surface area (Å²) in [6, 6.07) is 0. The molecule has 0 atom stereocenters. The normalized spacial score (nSPS) is 19.1. The average molecular weight is 206 g/mol. The summed E-state index contributed by atoms with van der Waals surface area (Å²) in [5.74, 6) is 0.135. The summed E-state index contributed by atoms with van der Waals surface area (Å²) in [6.07, 6.45) is 2.22. The van der Waals surface area contributed by atoms with Crippen LogP contribution in [0.2, 0.25) is 0 Å². The van der Waals surface area contributed by atoms with Gasteiger partial charge in [0.2, 0.25) is 5.91 Å². The molecule has 13 heavy (non-hydrogen) atoms. The standard InChI is InChI=1S/C9H16ClNO2/c1-2-13-8-3-5-11(6-4-8)9(12)7-10/h8H,2-7H2,1H3. The molecule has 0 saturated carbocycles. The van der Waals surface area contributed by atoms with Gasteiger partial charge in [-0.05, 0) is 19.8 Å². The van der Waals surface area contributed by atoms with Crippen molar-refractivity contribution in [3.63, 3.8) is 0 Å². The molecule has 0 aromatic carbocycles. The maximum Gasteiger partial charge on any atom is 0.237 e. The third kappa shape index (κ3) is 3.16. The summed E-state index contributed by atoms with van der Waals surface area (Å²) >= 11 is 5.46. The maximum absolute atomic E-state index is 11.2. The molecule has 0 aromatic heterocycles. The zero-order valence-electron chi connectivity index (χ0n) is 7.96. The highest BCUT2D eigenvalue weighted by Gasteiger charge is 2.21. The molecule has 1 aliphatic rings. The number of ether oxygens (including phenoxy) is 1. The van der Waals surface area contributed by atoms with Crippen molar-refractivity contribution in [2.24, 2.45) is 0 Å². The van der Waals surface area contributed by atoms with Gasteiger partial charge < -0.3 is 9.64 Å². The van der Waals surface area contributed by atoms with E-state index < -0.39 is 0 Å². The zero-order chi connectivity index (χ0) is 9.68. The van der Waals surface area contributed by atoms with Crippen LogP contribution in [-0.2, 0) is 9.53 Å². The zero-order valence-corrected chi connectivity index (χ0v) is 8.72. The van der Waals surface area contributed by atoms with Gasteiger partial charge in [0.1, 0.15) is 5.88 Å². The SMILES string of the molecule is CCOC1CCN(C(=O)CCl)CC1. The molecule has 1 heterocycles. The topological polar surface area (TPSA) is 29.5 Å². The Hall–Kier alpha value is -0.280. The molecule has 1 fully saturated rings. The van der Waals surface area contributed by atoms with E-state index in [0.29, 0.717) is 6.10 Å². The van der Waals surface area contributed by atoms with E-state index in [2.05, 4.69) is 0 Å². The molecule has 1 amide bonds. The molecular formula is C9H16ClNO2. The van der Waals surface area contributed by atoms with Crippen molar-refractivity contribution in [1.82, 2.24) is 4.90 Å². The van der Waals surface area contributed by atoms with Crippen LogP contribution in [0.3, 0.4) is 0 Å². The largest absolute Gasteiger partial charge is 0.378 e. The number of halogens is 1. The lowest BCUT2D eigenvalue weighted by Gasteiger charge is -2.31. The minimum atomic E-state index is 0.0385. The summed E-state index contributed by atoms with van der Waals surface area (Å²) in [6.45, 7) is 4.33. The number of carbonyl (C=O) groups is 1. The Labute approximate surface area is 84.0 Å². The molecule has 0 aromatic rings. The van der Waals surface area contributed by atoms with Crippen LogP contribution in [0.15, 0.2) is 0 Å². The lowest BCUT2D eigenvalue weighted by atomic mass is 10.1.